The van der Waals surface area contributed by atoms with Crippen LogP contribution in [-0.2, 0) is 10.0 Å². The molecule has 2 aromatic carbocycles. The number of hydrogen-bond donors (Lipinski definition) is 1. The van der Waals surface area contributed by atoms with Crippen LogP contribution in [0, 0.1) is 6.92 Å². The maximum Gasteiger partial charge on any atom is 0.255 e. The third-order valence-corrected chi connectivity index (χ3v) is 5.38. The zero-order valence-corrected chi connectivity index (χ0v) is 14.8. The van der Waals surface area contributed by atoms with Crippen molar-refractivity contribution in [1.29, 1.82) is 0 Å². The predicted molar refractivity (Wildman–Crippen MR) is 93.0 cm³/mol. The van der Waals surface area contributed by atoms with Gasteiger partial charge < -0.3 is 10.1 Å². The van der Waals surface area contributed by atoms with Gasteiger partial charge in [-0.05, 0) is 55.0 Å². The molecule has 0 saturated heterocycles. The van der Waals surface area contributed by atoms with Crippen molar-refractivity contribution < 1.29 is 17.9 Å². The summed E-state index contributed by atoms with van der Waals surface area (Å²) in [5.74, 6) is 0.430. The molecule has 0 bridgehead atoms. The summed E-state index contributed by atoms with van der Waals surface area (Å²) < 4.78 is 30.3. The van der Waals surface area contributed by atoms with Gasteiger partial charge in [-0.3, -0.25) is 4.79 Å². The molecule has 0 aliphatic heterocycles. The first-order chi connectivity index (χ1) is 11.3. The van der Waals surface area contributed by atoms with Crippen molar-refractivity contribution in [1.82, 2.24) is 4.31 Å². The largest absolute Gasteiger partial charge is 0.496 e. The Bertz CT molecular complexity index is 843. The lowest BCUT2D eigenvalue weighted by Gasteiger charge is -2.12. The van der Waals surface area contributed by atoms with E-state index in [1.54, 1.807) is 19.2 Å². The van der Waals surface area contributed by atoms with Gasteiger partial charge >= 0.3 is 0 Å². The number of benzene rings is 2. The number of methoxy groups -OCH3 is 1. The number of aryl methyl sites for hydroxylation is 1. The molecule has 0 unspecified atom stereocenters. The monoisotopic (exact) mass is 348 g/mol. The van der Waals surface area contributed by atoms with E-state index in [0.29, 0.717) is 11.3 Å². The Morgan fingerprint density at radius 1 is 1.08 bits per heavy atom. The van der Waals surface area contributed by atoms with Crippen LogP contribution in [0.3, 0.4) is 0 Å². The van der Waals surface area contributed by atoms with Crippen molar-refractivity contribution >= 4 is 21.6 Å². The molecule has 0 fully saturated rings. The maximum absolute atomic E-state index is 12.3. The van der Waals surface area contributed by atoms with Gasteiger partial charge in [-0.2, -0.15) is 0 Å². The molecule has 0 saturated carbocycles. The number of rotatable bonds is 5. The summed E-state index contributed by atoms with van der Waals surface area (Å²) in [5, 5.41) is 2.78. The highest BCUT2D eigenvalue weighted by molar-refractivity contribution is 7.89. The van der Waals surface area contributed by atoms with E-state index in [1.807, 2.05) is 13.0 Å². The minimum Gasteiger partial charge on any atom is -0.496 e. The SMILES string of the molecule is COc1ccc(NC(=O)c2ccc(S(=O)(=O)N(C)C)cc2)cc1C. The Labute approximate surface area is 142 Å². The molecule has 24 heavy (non-hydrogen) atoms. The van der Waals surface area contributed by atoms with E-state index in [0.717, 1.165) is 15.6 Å². The first-order valence-corrected chi connectivity index (χ1v) is 8.68. The fraction of sp³-hybridized carbons (Fsp3) is 0.235. The normalized spacial score (nSPS) is 11.4. The molecule has 0 aliphatic rings. The van der Waals surface area contributed by atoms with Gasteiger partial charge in [-0.15, -0.1) is 0 Å². The average molecular weight is 348 g/mol. The molecule has 0 radical (unpaired) electrons. The Hall–Kier alpha value is -2.38. The second-order valence-corrected chi connectivity index (χ2v) is 7.60. The van der Waals surface area contributed by atoms with E-state index in [9.17, 15) is 13.2 Å². The Balaban J connectivity index is 2.18. The van der Waals surface area contributed by atoms with Crippen molar-refractivity contribution in [2.24, 2.45) is 0 Å². The van der Waals surface area contributed by atoms with Crippen LogP contribution in [-0.4, -0.2) is 39.8 Å². The number of sulfonamides is 1. The van der Waals surface area contributed by atoms with Crippen molar-refractivity contribution in [2.45, 2.75) is 11.8 Å². The number of nitrogens with one attached hydrogen (secondary N) is 1. The molecule has 2 aromatic rings. The number of carbonyl (C=O) groups excluding carboxylic acids is 1. The van der Waals surface area contributed by atoms with E-state index in [1.165, 1.54) is 38.4 Å². The lowest BCUT2D eigenvalue weighted by atomic mass is 10.1. The van der Waals surface area contributed by atoms with Gasteiger partial charge in [0.1, 0.15) is 5.75 Å². The highest BCUT2D eigenvalue weighted by atomic mass is 32.2. The average Bonchev–Trinajstić information content (AvgIpc) is 2.55. The van der Waals surface area contributed by atoms with Gasteiger partial charge in [-0.1, -0.05) is 0 Å². The summed E-state index contributed by atoms with van der Waals surface area (Å²) in [6, 6.07) is 11.1. The summed E-state index contributed by atoms with van der Waals surface area (Å²) in [4.78, 5) is 12.4. The third-order valence-electron chi connectivity index (χ3n) is 3.55. The summed E-state index contributed by atoms with van der Waals surface area (Å²) in [6.45, 7) is 1.88. The summed E-state index contributed by atoms with van der Waals surface area (Å²) in [5.41, 5.74) is 1.92. The molecule has 1 amide bonds. The van der Waals surface area contributed by atoms with Gasteiger partial charge in [0.25, 0.3) is 5.91 Å². The summed E-state index contributed by atoms with van der Waals surface area (Å²) in [6.07, 6.45) is 0. The molecule has 7 heteroatoms. The number of carbonyl (C=O) groups is 1. The summed E-state index contributed by atoms with van der Waals surface area (Å²) in [7, 11) is 1.00. The number of nitrogens with zero attached hydrogens (tertiary/aromatic N) is 1. The first-order valence-electron chi connectivity index (χ1n) is 7.24. The number of hydrogen-bond acceptors (Lipinski definition) is 4. The number of amides is 1. The predicted octanol–water partition coefficient (Wildman–Crippen LogP) is 2.51. The topological polar surface area (TPSA) is 75.7 Å². The zero-order chi connectivity index (χ0) is 17.9. The van der Waals surface area contributed by atoms with Crippen LogP contribution in [0.5, 0.6) is 5.75 Å². The van der Waals surface area contributed by atoms with Gasteiger partial charge in [0, 0.05) is 25.3 Å². The van der Waals surface area contributed by atoms with Crippen LogP contribution >= 0.6 is 0 Å². The van der Waals surface area contributed by atoms with Crippen LogP contribution in [0.1, 0.15) is 15.9 Å². The second kappa shape index (κ2) is 7.02. The third kappa shape index (κ3) is 3.74. The van der Waals surface area contributed by atoms with Gasteiger partial charge in [0.2, 0.25) is 10.0 Å². The van der Waals surface area contributed by atoms with Crippen molar-refractivity contribution in [3.05, 3.63) is 53.6 Å². The van der Waals surface area contributed by atoms with E-state index < -0.39 is 10.0 Å². The molecule has 2 rings (SSSR count). The van der Waals surface area contributed by atoms with E-state index in [4.69, 9.17) is 4.74 Å². The Kier molecular flexibility index (Phi) is 5.26. The molecular weight excluding hydrogens is 328 g/mol. The smallest absolute Gasteiger partial charge is 0.255 e. The molecule has 0 aromatic heterocycles. The molecular formula is C17H20N2O4S. The molecule has 6 nitrogen and oxygen atoms in total. The number of ether oxygens (including phenoxy) is 1. The van der Waals surface area contributed by atoms with Crippen molar-refractivity contribution in [2.75, 3.05) is 26.5 Å². The zero-order valence-electron chi connectivity index (χ0n) is 14.0. The first kappa shape index (κ1) is 18.0. The van der Waals surface area contributed by atoms with Crippen LogP contribution < -0.4 is 10.1 Å². The minimum absolute atomic E-state index is 0.143. The van der Waals surface area contributed by atoms with Crippen LogP contribution in [0.15, 0.2) is 47.4 Å². The van der Waals surface area contributed by atoms with Gasteiger partial charge in [0.15, 0.2) is 0 Å². The quantitative estimate of drug-likeness (QED) is 0.901. The van der Waals surface area contributed by atoms with Gasteiger partial charge in [0.05, 0.1) is 12.0 Å². The van der Waals surface area contributed by atoms with E-state index in [2.05, 4.69) is 5.32 Å². The van der Waals surface area contributed by atoms with Crippen molar-refractivity contribution in [3.63, 3.8) is 0 Å². The molecule has 0 atom stereocenters. The fourth-order valence-corrected chi connectivity index (χ4v) is 3.05. The molecule has 0 heterocycles. The van der Waals surface area contributed by atoms with Crippen molar-refractivity contribution in [3.8, 4) is 5.75 Å². The standard InChI is InChI=1S/C17H20N2O4S/c1-12-11-14(7-10-16(12)23-4)18-17(20)13-5-8-15(9-6-13)24(21,22)19(2)3/h5-11H,1-4H3,(H,18,20). The number of anilines is 1. The van der Waals surface area contributed by atoms with Crippen LogP contribution in [0.25, 0.3) is 0 Å². The Morgan fingerprint density at radius 3 is 2.21 bits per heavy atom. The van der Waals surface area contributed by atoms with Crippen LogP contribution in [0.2, 0.25) is 0 Å². The lowest BCUT2D eigenvalue weighted by Crippen LogP contribution is -2.22. The van der Waals surface area contributed by atoms with E-state index in [-0.39, 0.29) is 10.8 Å². The van der Waals surface area contributed by atoms with E-state index >= 15 is 0 Å². The van der Waals surface area contributed by atoms with Crippen LogP contribution in [0.4, 0.5) is 5.69 Å². The molecule has 1 N–H and O–H groups in total. The fourth-order valence-electron chi connectivity index (χ4n) is 2.15. The second-order valence-electron chi connectivity index (χ2n) is 5.45. The van der Waals surface area contributed by atoms with Gasteiger partial charge in [-0.25, -0.2) is 12.7 Å². The minimum atomic E-state index is -3.50. The lowest BCUT2D eigenvalue weighted by molar-refractivity contribution is 0.102. The molecule has 128 valence electrons. The highest BCUT2D eigenvalue weighted by Gasteiger charge is 2.17. The Morgan fingerprint density at radius 2 is 1.71 bits per heavy atom. The maximum atomic E-state index is 12.3. The molecule has 0 aliphatic carbocycles. The summed E-state index contributed by atoms with van der Waals surface area (Å²) >= 11 is 0. The molecule has 0 spiro atoms. The highest BCUT2D eigenvalue weighted by Crippen LogP contribution is 2.22.